The number of sulfonamides is 1. The second-order valence-electron chi connectivity index (χ2n) is 3.56. The second kappa shape index (κ2) is 5.65. The van der Waals surface area contributed by atoms with Crippen LogP contribution in [0, 0.1) is 0 Å². The third-order valence-electron chi connectivity index (χ3n) is 2.26. The molecule has 0 saturated carbocycles. The molecule has 1 fully saturated rings. The van der Waals surface area contributed by atoms with Crippen LogP contribution in [0.1, 0.15) is 19.3 Å². The van der Waals surface area contributed by atoms with Gasteiger partial charge in [0, 0.05) is 19.3 Å². The van der Waals surface area contributed by atoms with Gasteiger partial charge in [-0.25, -0.2) is 13.6 Å². The molecule has 3 N–H and O–H groups in total. The van der Waals surface area contributed by atoms with Crippen LogP contribution in [0.15, 0.2) is 0 Å². The van der Waals surface area contributed by atoms with Gasteiger partial charge in [-0.3, -0.25) is 0 Å². The third-order valence-corrected chi connectivity index (χ3v) is 3.12. The van der Waals surface area contributed by atoms with E-state index < -0.39 is 10.0 Å². The molecule has 0 atom stereocenters. The lowest BCUT2D eigenvalue weighted by molar-refractivity contribution is 0.0781. The maximum atomic E-state index is 10.6. The Morgan fingerprint density at radius 3 is 2.57 bits per heavy atom. The zero-order valence-electron chi connectivity index (χ0n) is 8.24. The zero-order chi connectivity index (χ0) is 10.4. The molecule has 1 saturated heterocycles. The predicted octanol–water partition coefficient (Wildman–Crippen LogP) is -0.566. The van der Waals surface area contributed by atoms with Crippen molar-refractivity contribution in [1.82, 2.24) is 5.32 Å². The van der Waals surface area contributed by atoms with Gasteiger partial charge in [0.2, 0.25) is 10.0 Å². The molecule has 14 heavy (non-hydrogen) atoms. The van der Waals surface area contributed by atoms with Crippen molar-refractivity contribution in [2.75, 3.05) is 25.5 Å². The molecular formula is C8H18N2O3S. The molecule has 0 aromatic rings. The number of hydrogen-bond donors (Lipinski definition) is 2. The Morgan fingerprint density at radius 1 is 1.36 bits per heavy atom. The molecule has 0 aromatic heterocycles. The summed E-state index contributed by atoms with van der Waals surface area (Å²) in [6.45, 7) is 2.31. The molecule has 84 valence electrons. The molecular weight excluding hydrogens is 204 g/mol. The number of nitrogens with one attached hydrogen (secondary N) is 1. The van der Waals surface area contributed by atoms with Crippen molar-refractivity contribution >= 4 is 10.0 Å². The number of hydrogen-bond acceptors (Lipinski definition) is 4. The minimum Gasteiger partial charge on any atom is -0.381 e. The van der Waals surface area contributed by atoms with E-state index in [0.29, 0.717) is 19.0 Å². The summed E-state index contributed by atoms with van der Waals surface area (Å²) in [6.07, 6.45) is 2.60. The Morgan fingerprint density at radius 2 is 2.00 bits per heavy atom. The van der Waals surface area contributed by atoms with Gasteiger partial charge in [0.05, 0.1) is 5.75 Å². The summed E-state index contributed by atoms with van der Waals surface area (Å²) in [7, 11) is -3.29. The van der Waals surface area contributed by atoms with Crippen LogP contribution in [0.3, 0.4) is 0 Å². The van der Waals surface area contributed by atoms with Crippen LogP contribution < -0.4 is 10.5 Å². The standard InChI is InChI=1S/C8H18N2O3S/c9-14(11,12)7-1-4-10-8-2-5-13-6-3-8/h8,10H,1-7H2,(H2,9,11,12). The average molecular weight is 222 g/mol. The SMILES string of the molecule is NS(=O)(=O)CCCNC1CCOCC1. The van der Waals surface area contributed by atoms with Crippen molar-refractivity contribution in [1.29, 1.82) is 0 Å². The molecule has 1 heterocycles. The lowest BCUT2D eigenvalue weighted by atomic mass is 10.1. The lowest BCUT2D eigenvalue weighted by Gasteiger charge is -2.23. The van der Waals surface area contributed by atoms with E-state index >= 15 is 0 Å². The summed E-state index contributed by atoms with van der Waals surface area (Å²) in [4.78, 5) is 0. The molecule has 1 aliphatic heterocycles. The molecule has 5 nitrogen and oxygen atoms in total. The minimum absolute atomic E-state index is 0.0587. The molecule has 0 spiro atoms. The number of rotatable bonds is 5. The second-order valence-corrected chi connectivity index (χ2v) is 5.30. The molecule has 0 bridgehead atoms. The first-order valence-corrected chi connectivity index (χ1v) is 6.61. The van der Waals surface area contributed by atoms with E-state index in [0.717, 1.165) is 26.1 Å². The molecule has 0 unspecified atom stereocenters. The topological polar surface area (TPSA) is 81.4 Å². The summed E-state index contributed by atoms with van der Waals surface area (Å²) in [5.41, 5.74) is 0. The highest BCUT2D eigenvalue weighted by Crippen LogP contribution is 2.05. The maximum Gasteiger partial charge on any atom is 0.209 e. The van der Waals surface area contributed by atoms with E-state index in [1.165, 1.54) is 0 Å². The summed E-state index contributed by atoms with van der Waals surface area (Å²) in [5.74, 6) is 0.0587. The molecule has 1 aliphatic rings. The van der Waals surface area contributed by atoms with Crippen molar-refractivity contribution < 1.29 is 13.2 Å². The van der Waals surface area contributed by atoms with Gasteiger partial charge in [-0.2, -0.15) is 0 Å². The highest BCUT2D eigenvalue weighted by atomic mass is 32.2. The minimum atomic E-state index is -3.29. The van der Waals surface area contributed by atoms with Crippen LogP contribution in [0.5, 0.6) is 0 Å². The van der Waals surface area contributed by atoms with Crippen LogP contribution in [-0.4, -0.2) is 40.0 Å². The van der Waals surface area contributed by atoms with Gasteiger partial charge < -0.3 is 10.1 Å². The van der Waals surface area contributed by atoms with Gasteiger partial charge >= 0.3 is 0 Å². The molecule has 0 amide bonds. The fourth-order valence-corrected chi connectivity index (χ4v) is 2.03. The van der Waals surface area contributed by atoms with E-state index in [9.17, 15) is 8.42 Å². The van der Waals surface area contributed by atoms with Crippen molar-refractivity contribution in [2.45, 2.75) is 25.3 Å². The smallest absolute Gasteiger partial charge is 0.209 e. The van der Waals surface area contributed by atoms with Gasteiger partial charge in [-0.05, 0) is 25.8 Å². The molecule has 0 aliphatic carbocycles. The first kappa shape index (κ1) is 11.9. The largest absolute Gasteiger partial charge is 0.381 e. The van der Waals surface area contributed by atoms with Gasteiger partial charge in [0.1, 0.15) is 0 Å². The number of nitrogens with two attached hydrogens (primary N) is 1. The van der Waals surface area contributed by atoms with Crippen LogP contribution in [0.25, 0.3) is 0 Å². The summed E-state index contributed by atoms with van der Waals surface area (Å²) in [6, 6.07) is 0.476. The lowest BCUT2D eigenvalue weighted by Crippen LogP contribution is -2.36. The van der Waals surface area contributed by atoms with Crippen molar-refractivity contribution in [3.63, 3.8) is 0 Å². The highest BCUT2D eigenvalue weighted by molar-refractivity contribution is 7.89. The van der Waals surface area contributed by atoms with Gasteiger partial charge in [0.15, 0.2) is 0 Å². The fourth-order valence-electron chi connectivity index (χ4n) is 1.48. The van der Waals surface area contributed by atoms with E-state index in [1.54, 1.807) is 0 Å². The van der Waals surface area contributed by atoms with Gasteiger partial charge in [-0.15, -0.1) is 0 Å². The Labute approximate surface area is 85.1 Å². The Hall–Kier alpha value is -0.170. The molecule has 0 radical (unpaired) electrons. The Kier molecular flexibility index (Phi) is 4.80. The monoisotopic (exact) mass is 222 g/mol. The van der Waals surface area contributed by atoms with Crippen LogP contribution in [-0.2, 0) is 14.8 Å². The summed E-state index contributed by atoms with van der Waals surface area (Å²) < 4.78 is 26.4. The van der Waals surface area contributed by atoms with E-state index in [-0.39, 0.29) is 5.75 Å². The summed E-state index contributed by atoms with van der Waals surface area (Å²) in [5, 5.41) is 8.17. The first-order valence-electron chi connectivity index (χ1n) is 4.89. The van der Waals surface area contributed by atoms with Crippen LogP contribution >= 0.6 is 0 Å². The Bertz CT molecular complexity index is 247. The maximum absolute atomic E-state index is 10.6. The van der Waals surface area contributed by atoms with Crippen LogP contribution in [0.2, 0.25) is 0 Å². The fraction of sp³-hybridized carbons (Fsp3) is 1.00. The first-order chi connectivity index (χ1) is 6.58. The van der Waals surface area contributed by atoms with E-state index in [4.69, 9.17) is 9.88 Å². The third kappa shape index (κ3) is 5.54. The summed E-state index contributed by atoms with van der Waals surface area (Å²) >= 11 is 0. The van der Waals surface area contributed by atoms with Crippen LogP contribution in [0.4, 0.5) is 0 Å². The number of primary sulfonamides is 1. The highest BCUT2D eigenvalue weighted by Gasteiger charge is 2.12. The van der Waals surface area contributed by atoms with Crippen molar-refractivity contribution in [2.24, 2.45) is 5.14 Å². The van der Waals surface area contributed by atoms with Crippen molar-refractivity contribution in [3.8, 4) is 0 Å². The molecule has 0 aromatic carbocycles. The molecule has 6 heteroatoms. The predicted molar refractivity (Wildman–Crippen MR) is 54.4 cm³/mol. The molecule has 1 rings (SSSR count). The quantitative estimate of drug-likeness (QED) is 0.611. The van der Waals surface area contributed by atoms with Gasteiger partial charge in [0.25, 0.3) is 0 Å². The van der Waals surface area contributed by atoms with E-state index in [2.05, 4.69) is 5.32 Å². The zero-order valence-corrected chi connectivity index (χ0v) is 9.05. The van der Waals surface area contributed by atoms with E-state index in [1.807, 2.05) is 0 Å². The Balaban J connectivity index is 2.03. The normalized spacial score (nSPS) is 19.8. The van der Waals surface area contributed by atoms with Crippen molar-refractivity contribution in [3.05, 3.63) is 0 Å². The number of ether oxygens (including phenoxy) is 1. The van der Waals surface area contributed by atoms with Gasteiger partial charge in [-0.1, -0.05) is 0 Å². The average Bonchev–Trinajstić information content (AvgIpc) is 2.13.